The fraction of sp³-hybridized carbons (Fsp3) is 0.545. The van der Waals surface area contributed by atoms with Crippen molar-refractivity contribution in [1.82, 2.24) is 21.1 Å². The van der Waals surface area contributed by atoms with Gasteiger partial charge in [-0.25, -0.2) is 10.2 Å². The molecule has 0 saturated carbocycles. The van der Waals surface area contributed by atoms with E-state index in [1.165, 1.54) is 42.3 Å². The molecule has 0 aromatic heterocycles. The number of amides is 3. The van der Waals surface area contributed by atoms with Gasteiger partial charge in [-0.1, -0.05) is 76.3 Å². The Kier molecular flexibility index (Phi) is 19.7. The van der Waals surface area contributed by atoms with Crippen LogP contribution < -0.4 is 16.1 Å². The third-order valence-electron chi connectivity index (χ3n) is 10.3. The highest BCUT2D eigenvalue weighted by molar-refractivity contribution is 5.93. The lowest BCUT2D eigenvalue weighted by Crippen LogP contribution is -2.62. The average molecular weight is 823 g/mol. The summed E-state index contributed by atoms with van der Waals surface area (Å²) in [5.41, 5.74) is 4.12. The number of carbonyl (C=O) groups excluding carboxylic acids is 6. The van der Waals surface area contributed by atoms with E-state index in [0.29, 0.717) is 30.4 Å². The minimum absolute atomic E-state index is 0.0300. The summed E-state index contributed by atoms with van der Waals surface area (Å²) in [5.74, 6) is -5.92. The first-order valence-electron chi connectivity index (χ1n) is 20.4. The molecule has 0 spiro atoms. The van der Waals surface area contributed by atoms with Crippen LogP contribution in [0.15, 0.2) is 72.4 Å². The molecule has 1 saturated heterocycles. The molecule has 1 fully saturated rings. The van der Waals surface area contributed by atoms with Crippen LogP contribution in [-0.2, 0) is 44.7 Å². The predicted molar refractivity (Wildman–Crippen MR) is 220 cm³/mol. The largest absolute Gasteiger partial charge is 0.508 e. The molecule has 0 aliphatic carbocycles. The molecule has 0 radical (unpaired) electrons. The summed E-state index contributed by atoms with van der Waals surface area (Å²) in [4.78, 5) is 80.1. The molecule has 8 atom stereocenters. The number of aliphatic hydroxyl groups is 2. The number of phenols is 1. The number of benzene rings is 1. The van der Waals surface area contributed by atoms with E-state index in [1.54, 1.807) is 64.1 Å². The van der Waals surface area contributed by atoms with E-state index in [-0.39, 0.29) is 50.4 Å². The van der Waals surface area contributed by atoms with Crippen molar-refractivity contribution in [3.05, 3.63) is 77.9 Å². The van der Waals surface area contributed by atoms with Gasteiger partial charge in [0, 0.05) is 37.8 Å². The number of ether oxygens (including phenoxy) is 2. The summed E-state index contributed by atoms with van der Waals surface area (Å²) in [5, 5.41) is 39.5. The molecule has 15 heteroatoms. The summed E-state index contributed by atoms with van der Waals surface area (Å²) in [7, 11) is 0. The molecule has 3 rings (SSSR count). The first-order chi connectivity index (χ1) is 28.0. The van der Waals surface area contributed by atoms with Crippen molar-refractivity contribution in [3.63, 3.8) is 0 Å². The Morgan fingerprint density at radius 1 is 1.07 bits per heavy atom. The molecular formula is C44H62N4O11. The molecule has 2 bridgehead atoms. The summed E-state index contributed by atoms with van der Waals surface area (Å²) in [6.45, 7) is 10.4. The molecule has 2 aliphatic heterocycles. The van der Waals surface area contributed by atoms with E-state index < -0.39 is 83.9 Å². The lowest BCUT2D eigenvalue weighted by atomic mass is 9.84. The molecule has 2 heterocycles. The minimum Gasteiger partial charge on any atom is -0.508 e. The minimum atomic E-state index is -1.42. The second-order valence-corrected chi connectivity index (χ2v) is 15.6. The second-order valence-electron chi connectivity index (χ2n) is 15.6. The van der Waals surface area contributed by atoms with E-state index in [0.717, 1.165) is 0 Å². The van der Waals surface area contributed by atoms with Crippen molar-refractivity contribution in [3.8, 4) is 5.75 Å². The first-order valence-corrected chi connectivity index (χ1v) is 20.4. The van der Waals surface area contributed by atoms with Crippen molar-refractivity contribution in [2.75, 3.05) is 13.2 Å². The zero-order valence-corrected chi connectivity index (χ0v) is 35.0. The topological polar surface area (TPSA) is 221 Å². The molecule has 1 aromatic rings. The molecule has 59 heavy (non-hydrogen) atoms. The standard InChI is InChI=1S/C44H62N4O11/c1-7-24-58-38(52)20-11-14-28(4)37-19-10-8-9-18-36(51)30(6)40(53)33(22-21-29(5)49)41(54)46-39(27(2)3)42(55)45-35(26-31-15-12-16-32(50)25-31)43(56)48-23-13-17-34(47-48)44(57)59-37/h8-12,14-16,18,20,25,27,30,33-37,39-40,47,50-51,53H,7,13,17,19,21-24,26H2,1-6H3,(H,45,55)(H,46,54)/b10-8+,18-9+,20-11+,28-14+/t30-,33+,34?,35-,36-,37-,39-,40+/m0/s1. The van der Waals surface area contributed by atoms with Crippen molar-refractivity contribution in [2.45, 2.75) is 123 Å². The average Bonchev–Trinajstić information content (AvgIpc) is 3.19. The highest BCUT2D eigenvalue weighted by Crippen LogP contribution is 2.24. The van der Waals surface area contributed by atoms with Crippen LogP contribution in [0.5, 0.6) is 5.75 Å². The Labute approximate surface area is 346 Å². The smallest absolute Gasteiger partial charge is 0.330 e. The number of aromatic hydroxyl groups is 1. The van der Waals surface area contributed by atoms with Crippen LogP contribution in [0.1, 0.15) is 85.6 Å². The van der Waals surface area contributed by atoms with Gasteiger partial charge < -0.3 is 40.2 Å². The zero-order chi connectivity index (χ0) is 43.6. The third kappa shape index (κ3) is 15.5. The van der Waals surface area contributed by atoms with Crippen LogP contribution in [0, 0.1) is 17.8 Å². The van der Waals surface area contributed by atoms with Gasteiger partial charge in [0.25, 0.3) is 5.91 Å². The Balaban J connectivity index is 2.06. The maximum Gasteiger partial charge on any atom is 0.330 e. The fourth-order valence-corrected chi connectivity index (χ4v) is 6.68. The number of phenolic OH excluding ortho intramolecular Hbond substituents is 1. The van der Waals surface area contributed by atoms with Gasteiger partial charge in [-0.2, -0.15) is 0 Å². The van der Waals surface area contributed by atoms with Crippen LogP contribution in [-0.4, -0.2) is 105 Å². The van der Waals surface area contributed by atoms with Gasteiger partial charge in [0.05, 0.1) is 24.7 Å². The number of ketones is 1. The molecule has 1 unspecified atom stereocenters. The van der Waals surface area contributed by atoms with Gasteiger partial charge in [-0.3, -0.25) is 24.2 Å². The lowest BCUT2D eigenvalue weighted by molar-refractivity contribution is -0.156. The maximum absolute atomic E-state index is 14.3. The maximum atomic E-state index is 14.3. The van der Waals surface area contributed by atoms with Crippen molar-refractivity contribution >= 4 is 35.4 Å². The third-order valence-corrected chi connectivity index (χ3v) is 10.3. The monoisotopic (exact) mass is 822 g/mol. The molecule has 1 aromatic carbocycles. The number of nitrogens with zero attached hydrogens (tertiary/aromatic N) is 1. The summed E-state index contributed by atoms with van der Waals surface area (Å²) < 4.78 is 11.1. The highest BCUT2D eigenvalue weighted by Gasteiger charge is 2.38. The fourth-order valence-electron chi connectivity index (χ4n) is 6.68. The molecule has 3 amide bonds. The van der Waals surface area contributed by atoms with Crippen molar-refractivity contribution in [1.29, 1.82) is 0 Å². The Morgan fingerprint density at radius 3 is 2.49 bits per heavy atom. The summed E-state index contributed by atoms with van der Waals surface area (Å²) >= 11 is 0. The van der Waals surface area contributed by atoms with Gasteiger partial charge in [-0.15, -0.1) is 0 Å². The number of aliphatic hydroxyl groups excluding tert-OH is 2. The number of esters is 2. The number of nitrogens with one attached hydrogen (secondary N) is 3. The number of cyclic esters (lactones) is 1. The van der Waals surface area contributed by atoms with E-state index >= 15 is 0 Å². The predicted octanol–water partition coefficient (Wildman–Crippen LogP) is 3.28. The summed E-state index contributed by atoms with van der Waals surface area (Å²) in [6.07, 6.45) is 8.83. The number of hydrogen-bond acceptors (Lipinski definition) is 12. The number of allylic oxidation sites excluding steroid dienone is 4. The van der Waals surface area contributed by atoms with Crippen LogP contribution in [0.3, 0.4) is 0 Å². The number of Topliss-reactive ketones (excluding diaryl/α,β-unsaturated/α-hetero) is 1. The van der Waals surface area contributed by atoms with Gasteiger partial charge in [-0.05, 0) is 68.7 Å². The quantitative estimate of drug-likeness (QED) is 0.108. The van der Waals surface area contributed by atoms with Crippen LogP contribution in [0.25, 0.3) is 0 Å². The Hall–Kier alpha value is -5.12. The van der Waals surface area contributed by atoms with Crippen molar-refractivity contribution < 1.29 is 53.6 Å². The zero-order valence-electron chi connectivity index (χ0n) is 35.0. The van der Waals surface area contributed by atoms with Crippen LogP contribution in [0.4, 0.5) is 0 Å². The number of fused-ring (bicyclic) bond motifs is 2. The Morgan fingerprint density at radius 2 is 1.81 bits per heavy atom. The van der Waals surface area contributed by atoms with Crippen LogP contribution >= 0.6 is 0 Å². The molecule has 15 nitrogen and oxygen atoms in total. The van der Waals surface area contributed by atoms with Gasteiger partial charge >= 0.3 is 11.9 Å². The first kappa shape index (κ1) is 48.3. The van der Waals surface area contributed by atoms with Gasteiger partial charge in [0.2, 0.25) is 11.8 Å². The molecular weight excluding hydrogens is 761 g/mol. The number of hydrazine groups is 1. The number of hydrogen-bond donors (Lipinski definition) is 6. The Bertz CT molecular complexity index is 1740. The lowest BCUT2D eigenvalue weighted by Gasteiger charge is -2.36. The van der Waals surface area contributed by atoms with E-state index in [4.69, 9.17) is 9.47 Å². The molecule has 2 aliphatic rings. The molecule has 6 N–H and O–H groups in total. The SMILES string of the molecule is CCCOC(=O)/C=C/C=C(\C)[C@@H]1C/C=C/C=C/[C@H](O)[C@H](C)[C@@H](O)[C@@H](CCC(C)=O)C(=O)N[C@@H](C(C)C)C(=O)N[C@@H](Cc2cccc(O)c2)C(=O)N2CCCC(N2)C(=O)O1. The van der Waals surface area contributed by atoms with Crippen LogP contribution in [0.2, 0.25) is 0 Å². The van der Waals surface area contributed by atoms with Gasteiger partial charge in [0.1, 0.15) is 35.8 Å². The van der Waals surface area contributed by atoms with E-state index in [9.17, 15) is 44.1 Å². The highest BCUT2D eigenvalue weighted by atomic mass is 16.5. The molecule has 324 valence electrons. The van der Waals surface area contributed by atoms with Gasteiger partial charge in [0.15, 0.2) is 0 Å². The van der Waals surface area contributed by atoms with Crippen molar-refractivity contribution in [2.24, 2.45) is 17.8 Å². The summed E-state index contributed by atoms with van der Waals surface area (Å²) in [6, 6.07) is 2.89. The number of rotatable bonds is 11. The number of carbonyl (C=O) groups is 6. The van der Waals surface area contributed by atoms with E-state index in [2.05, 4.69) is 16.1 Å². The normalized spacial score (nSPS) is 28.2. The second kappa shape index (κ2) is 24.1. The van der Waals surface area contributed by atoms with E-state index in [1.807, 2.05) is 6.92 Å².